The number of para-hydroxylation sites is 1. The molecule has 0 spiro atoms. The number of ether oxygens (including phenoxy) is 1. The van der Waals surface area contributed by atoms with Crippen LogP contribution in [0.4, 0.5) is 13.2 Å². The summed E-state index contributed by atoms with van der Waals surface area (Å²) in [6.45, 7) is -0.107. The van der Waals surface area contributed by atoms with Crippen molar-refractivity contribution >= 4 is 5.91 Å². The summed E-state index contributed by atoms with van der Waals surface area (Å²) in [5.74, 6) is -0.683. The van der Waals surface area contributed by atoms with E-state index in [9.17, 15) is 23.1 Å². The van der Waals surface area contributed by atoms with Gasteiger partial charge in [0.25, 0.3) is 0 Å². The second-order valence-corrected chi connectivity index (χ2v) is 5.93. The van der Waals surface area contributed by atoms with Crippen molar-refractivity contribution in [1.82, 2.24) is 10.6 Å². The van der Waals surface area contributed by atoms with Crippen molar-refractivity contribution in [2.75, 3.05) is 13.2 Å². The van der Waals surface area contributed by atoms with Gasteiger partial charge >= 0.3 is 6.36 Å². The lowest BCUT2D eigenvalue weighted by Gasteiger charge is -2.27. The van der Waals surface area contributed by atoms with Crippen molar-refractivity contribution in [2.24, 2.45) is 0 Å². The van der Waals surface area contributed by atoms with Gasteiger partial charge in [-0.3, -0.25) is 4.79 Å². The molecular weight excluding hydrogens is 325 g/mol. The van der Waals surface area contributed by atoms with E-state index in [0.717, 1.165) is 25.7 Å². The van der Waals surface area contributed by atoms with Crippen LogP contribution in [-0.2, 0) is 11.3 Å². The van der Waals surface area contributed by atoms with Gasteiger partial charge in [0.15, 0.2) is 0 Å². The number of aliphatic hydroxyl groups is 1. The number of rotatable bonds is 7. The van der Waals surface area contributed by atoms with Gasteiger partial charge in [-0.05, 0) is 18.9 Å². The van der Waals surface area contributed by atoms with Crippen LogP contribution < -0.4 is 15.4 Å². The Hall–Kier alpha value is -1.80. The summed E-state index contributed by atoms with van der Waals surface area (Å²) in [5, 5.41) is 15.1. The van der Waals surface area contributed by atoms with Crippen LogP contribution in [-0.4, -0.2) is 36.1 Å². The molecule has 0 heterocycles. The van der Waals surface area contributed by atoms with Crippen LogP contribution in [0.1, 0.15) is 31.2 Å². The monoisotopic (exact) mass is 346 g/mol. The highest BCUT2D eigenvalue weighted by molar-refractivity contribution is 5.78. The van der Waals surface area contributed by atoms with Gasteiger partial charge in [-0.15, -0.1) is 13.2 Å². The quantitative estimate of drug-likeness (QED) is 0.707. The van der Waals surface area contributed by atoms with Gasteiger partial charge in [0.1, 0.15) is 5.75 Å². The van der Waals surface area contributed by atoms with Gasteiger partial charge in [-0.25, -0.2) is 0 Å². The first-order valence-corrected chi connectivity index (χ1v) is 7.80. The van der Waals surface area contributed by atoms with Crippen molar-refractivity contribution in [2.45, 2.75) is 44.1 Å². The highest BCUT2D eigenvalue weighted by Crippen LogP contribution is 2.29. The number of nitrogens with one attached hydrogen (secondary N) is 2. The van der Waals surface area contributed by atoms with Gasteiger partial charge in [0.05, 0.1) is 13.2 Å². The van der Waals surface area contributed by atoms with E-state index >= 15 is 0 Å². The minimum atomic E-state index is -4.78. The number of alkyl halides is 3. The maximum atomic E-state index is 12.4. The molecule has 5 nitrogen and oxygen atoms in total. The van der Waals surface area contributed by atoms with Crippen LogP contribution in [0.3, 0.4) is 0 Å². The fourth-order valence-electron chi connectivity index (χ4n) is 2.84. The molecule has 0 aromatic heterocycles. The van der Waals surface area contributed by atoms with Crippen molar-refractivity contribution in [3.63, 3.8) is 0 Å². The molecule has 0 saturated heterocycles. The van der Waals surface area contributed by atoms with Gasteiger partial charge in [0.2, 0.25) is 5.91 Å². The Bertz CT molecular complexity index is 558. The molecule has 0 unspecified atom stereocenters. The number of carbonyl (C=O) groups excluding carboxylic acids is 1. The van der Waals surface area contributed by atoms with Crippen LogP contribution in [0.5, 0.6) is 5.75 Å². The molecule has 134 valence electrons. The fraction of sp³-hybridized carbons (Fsp3) is 0.562. The first kappa shape index (κ1) is 18.5. The molecular formula is C16H21F3N2O3. The molecule has 0 atom stereocenters. The zero-order valence-electron chi connectivity index (χ0n) is 13.2. The third kappa shape index (κ3) is 5.38. The minimum absolute atomic E-state index is 0.00283. The molecule has 1 saturated carbocycles. The van der Waals surface area contributed by atoms with Crippen LogP contribution in [0.25, 0.3) is 0 Å². The summed E-state index contributed by atoms with van der Waals surface area (Å²) < 4.78 is 41.0. The predicted molar refractivity (Wildman–Crippen MR) is 81.3 cm³/mol. The lowest BCUT2D eigenvalue weighted by molar-refractivity contribution is -0.274. The summed E-state index contributed by atoms with van der Waals surface area (Å²) in [4.78, 5) is 11.9. The molecule has 2 rings (SSSR count). The third-order valence-corrected chi connectivity index (χ3v) is 4.16. The normalized spacial score (nSPS) is 16.8. The van der Waals surface area contributed by atoms with Crippen LogP contribution in [0.15, 0.2) is 24.3 Å². The lowest BCUT2D eigenvalue weighted by atomic mass is 9.99. The van der Waals surface area contributed by atoms with E-state index < -0.39 is 11.9 Å². The second kappa shape index (κ2) is 7.85. The van der Waals surface area contributed by atoms with Crippen molar-refractivity contribution < 1.29 is 27.8 Å². The van der Waals surface area contributed by atoms with Crippen LogP contribution in [0.2, 0.25) is 0 Å². The molecule has 0 aliphatic heterocycles. The zero-order chi connectivity index (χ0) is 17.6. The first-order chi connectivity index (χ1) is 11.3. The first-order valence-electron chi connectivity index (χ1n) is 7.80. The van der Waals surface area contributed by atoms with Gasteiger partial charge in [-0.2, -0.15) is 0 Å². The smallest absolute Gasteiger partial charge is 0.405 e. The molecule has 1 aliphatic carbocycles. The van der Waals surface area contributed by atoms with E-state index in [1.807, 2.05) is 0 Å². The highest BCUT2D eigenvalue weighted by atomic mass is 19.4. The average Bonchev–Trinajstić information content (AvgIpc) is 3.00. The SMILES string of the molecule is O=C(CNC1(CO)CCCC1)NCc1ccccc1OC(F)(F)F. The fourth-order valence-corrected chi connectivity index (χ4v) is 2.84. The summed E-state index contributed by atoms with van der Waals surface area (Å²) in [7, 11) is 0. The maximum absolute atomic E-state index is 12.4. The second-order valence-electron chi connectivity index (χ2n) is 5.93. The van der Waals surface area contributed by atoms with E-state index in [-0.39, 0.29) is 36.9 Å². The largest absolute Gasteiger partial charge is 0.573 e. The summed E-state index contributed by atoms with van der Waals surface area (Å²) in [6, 6.07) is 5.66. The van der Waals surface area contributed by atoms with Gasteiger partial charge < -0.3 is 20.5 Å². The Morgan fingerprint density at radius 1 is 1.25 bits per heavy atom. The van der Waals surface area contributed by atoms with Crippen molar-refractivity contribution in [3.05, 3.63) is 29.8 Å². The Balaban J connectivity index is 1.86. The van der Waals surface area contributed by atoms with Crippen molar-refractivity contribution in [3.8, 4) is 5.75 Å². The standard InChI is InChI=1S/C16H21F3N2O3/c17-16(18,19)24-13-6-2-1-5-12(13)9-20-14(23)10-21-15(11-22)7-3-4-8-15/h1-2,5-6,21-22H,3-4,7-11H2,(H,20,23). The molecule has 1 amide bonds. The Morgan fingerprint density at radius 2 is 1.92 bits per heavy atom. The summed E-state index contributed by atoms with van der Waals surface area (Å²) in [5.41, 5.74) is -0.185. The minimum Gasteiger partial charge on any atom is -0.405 e. The Morgan fingerprint density at radius 3 is 2.54 bits per heavy atom. The molecule has 24 heavy (non-hydrogen) atoms. The van der Waals surface area contributed by atoms with E-state index in [0.29, 0.717) is 0 Å². The lowest BCUT2D eigenvalue weighted by Crippen LogP contribution is -2.50. The topological polar surface area (TPSA) is 70.6 Å². The molecule has 1 aromatic carbocycles. The summed E-state index contributed by atoms with van der Waals surface area (Å²) >= 11 is 0. The van der Waals surface area contributed by atoms with Crippen molar-refractivity contribution in [1.29, 1.82) is 0 Å². The highest BCUT2D eigenvalue weighted by Gasteiger charge is 2.33. The molecule has 1 aliphatic rings. The Kier molecular flexibility index (Phi) is 6.06. The number of amides is 1. The summed E-state index contributed by atoms with van der Waals surface area (Å²) in [6.07, 6.45) is -1.18. The van der Waals surface area contributed by atoms with Gasteiger partial charge in [0, 0.05) is 17.6 Å². The van der Waals surface area contributed by atoms with E-state index in [1.165, 1.54) is 18.2 Å². The van der Waals surface area contributed by atoms with E-state index in [1.54, 1.807) is 6.07 Å². The number of benzene rings is 1. The molecule has 0 bridgehead atoms. The average molecular weight is 346 g/mol. The number of halogens is 3. The molecule has 1 aromatic rings. The van der Waals surface area contributed by atoms with Crippen LogP contribution in [0, 0.1) is 0 Å². The van der Waals surface area contributed by atoms with Crippen LogP contribution >= 0.6 is 0 Å². The maximum Gasteiger partial charge on any atom is 0.573 e. The van der Waals surface area contributed by atoms with Gasteiger partial charge in [-0.1, -0.05) is 31.0 Å². The molecule has 8 heteroatoms. The number of aliphatic hydroxyl groups excluding tert-OH is 1. The number of carbonyl (C=O) groups is 1. The molecule has 1 fully saturated rings. The Labute approximate surface area is 138 Å². The van der Waals surface area contributed by atoms with E-state index in [4.69, 9.17) is 0 Å². The number of hydrogen-bond acceptors (Lipinski definition) is 4. The number of hydrogen-bond donors (Lipinski definition) is 3. The zero-order valence-corrected chi connectivity index (χ0v) is 13.2. The predicted octanol–water partition coefficient (Wildman–Crippen LogP) is 2.10. The molecule has 0 radical (unpaired) electrons. The molecule has 3 N–H and O–H groups in total. The van der Waals surface area contributed by atoms with E-state index in [2.05, 4.69) is 15.4 Å². The third-order valence-electron chi connectivity index (χ3n) is 4.16.